The van der Waals surface area contributed by atoms with E-state index in [4.69, 9.17) is 4.74 Å². The molecule has 1 aromatic carbocycles. The van der Waals surface area contributed by atoms with Gasteiger partial charge in [-0.15, -0.1) is 11.3 Å². The van der Waals surface area contributed by atoms with Crippen LogP contribution in [0.1, 0.15) is 19.8 Å². The predicted octanol–water partition coefficient (Wildman–Crippen LogP) is 4.38. The van der Waals surface area contributed by atoms with Gasteiger partial charge in [-0.3, -0.25) is 4.79 Å². The van der Waals surface area contributed by atoms with Crippen LogP contribution in [0.4, 0.5) is 9.93 Å². The molecule has 8 heteroatoms. The second-order valence-corrected chi connectivity index (χ2v) is 7.77. The van der Waals surface area contributed by atoms with E-state index in [0.29, 0.717) is 37.7 Å². The lowest BCUT2D eigenvalue weighted by Crippen LogP contribution is -2.41. The highest BCUT2D eigenvalue weighted by molar-refractivity contribution is 9.10. The van der Waals surface area contributed by atoms with E-state index in [1.54, 1.807) is 11.8 Å². The second-order valence-electron chi connectivity index (χ2n) is 5.99. The molecule has 2 heterocycles. The predicted molar refractivity (Wildman–Crippen MR) is 105 cm³/mol. The zero-order valence-electron chi connectivity index (χ0n) is 14.4. The molecular formula is C18H20BrN3O3S. The molecule has 2 amide bonds. The highest BCUT2D eigenvalue weighted by Crippen LogP contribution is 2.27. The molecule has 2 aromatic rings. The van der Waals surface area contributed by atoms with Gasteiger partial charge in [0, 0.05) is 34.4 Å². The molecule has 0 unspecified atom stereocenters. The number of ether oxygens (including phenoxy) is 1. The number of likely N-dealkylation sites (tertiary alicyclic amines) is 1. The van der Waals surface area contributed by atoms with Crippen molar-refractivity contribution < 1.29 is 14.3 Å². The number of aromatic nitrogens is 1. The topological polar surface area (TPSA) is 71.5 Å². The minimum Gasteiger partial charge on any atom is -0.450 e. The summed E-state index contributed by atoms with van der Waals surface area (Å²) in [5.41, 5.74) is 1.85. The third-order valence-electron chi connectivity index (χ3n) is 4.27. The summed E-state index contributed by atoms with van der Waals surface area (Å²) in [6, 6.07) is 7.89. The molecule has 1 fully saturated rings. The number of thiazole rings is 1. The van der Waals surface area contributed by atoms with Crippen molar-refractivity contribution in [3.63, 3.8) is 0 Å². The van der Waals surface area contributed by atoms with E-state index in [0.717, 1.165) is 15.7 Å². The Bertz CT molecular complexity index is 770. The van der Waals surface area contributed by atoms with Crippen LogP contribution < -0.4 is 5.32 Å². The average Bonchev–Trinajstić information content (AvgIpc) is 3.11. The quantitative estimate of drug-likeness (QED) is 0.769. The average molecular weight is 438 g/mol. The van der Waals surface area contributed by atoms with Crippen LogP contribution >= 0.6 is 27.3 Å². The monoisotopic (exact) mass is 437 g/mol. The molecule has 26 heavy (non-hydrogen) atoms. The minimum atomic E-state index is -0.301. The van der Waals surface area contributed by atoms with E-state index in [9.17, 15) is 9.59 Å². The normalized spacial score (nSPS) is 14.9. The summed E-state index contributed by atoms with van der Waals surface area (Å²) in [5, 5.41) is 5.44. The Kier molecular flexibility index (Phi) is 6.26. The van der Waals surface area contributed by atoms with Crippen LogP contribution in [0.25, 0.3) is 11.3 Å². The number of benzene rings is 1. The van der Waals surface area contributed by atoms with Crippen LogP contribution in [0, 0.1) is 5.92 Å². The van der Waals surface area contributed by atoms with Crippen molar-refractivity contribution in [3.8, 4) is 11.3 Å². The van der Waals surface area contributed by atoms with Crippen molar-refractivity contribution in [1.29, 1.82) is 0 Å². The molecule has 1 aromatic heterocycles. The number of anilines is 1. The number of carbonyl (C=O) groups excluding carboxylic acids is 2. The largest absolute Gasteiger partial charge is 0.450 e. The molecule has 0 bridgehead atoms. The molecule has 1 N–H and O–H groups in total. The molecule has 3 rings (SSSR count). The Morgan fingerprint density at radius 3 is 2.65 bits per heavy atom. The summed E-state index contributed by atoms with van der Waals surface area (Å²) >= 11 is 4.83. The molecular weight excluding hydrogens is 418 g/mol. The van der Waals surface area contributed by atoms with Gasteiger partial charge < -0.3 is 15.0 Å². The highest BCUT2D eigenvalue weighted by Gasteiger charge is 2.28. The number of piperidine rings is 1. The molecule has 0 aliphatic carbocycles. The number of hydrogen-bond acceptors (Lipinski definition) is 5. The molecule has 0 spiro atoms. The third kappa shape index (κ3) is 4.62. The number of carbonyl (C=O) groups is 2. The van der Waals surface area contributed by atoms with Gasteiger partial charge in [0.1, 0.15) is 0 Å². The summed E-state index contributed by atoms with van der Waals surface area (Å²) in [5.74, 6) is -0.147. The zero-order chi connectivity index (χ0) is 18.5. The van der Waals surface area contributed by atoms with Crippen LogP contribution in [0.5, 0.6) is 0 Å². The third-order valence-corrected chi connectivity index (χ3v) is 5.55. The summed E-state index contributed by atoms with van der Waals surface area (Å²) in [6.07, 6.45) is 0.968. The van der Waals surface area contributed by atoms with Gasteiger partial charge >= 0.3 is 6.09 Å². The van der Waals surface area contributed by atoms with Crippen molar-refractivity contribution in [2.75, 3.05) is 25.0 Å². The Balaban J connectivity index is 1.54. The van der Waals surface area contributed by atoms with Gasteiger partial charge in [-0.2, -0.15) is 0 Å². The lowest BCUT2D eigenvalue weighted by molar-refractivity contribution is -0.121. The number of halogens is 1. The van der Waals surface area contributed by atoms with Gasteiger partial charge in [-0.25, -0.2) is 9.78 Å². The van der Waals surface area contributed by atoms with Crippen LogP contribution in [-0.2, 0) is 9.53 Å². The molecule has 138 valence electrons. The van der Waals surface area contributed by atoms with Crippen molar-refractivity contribution in [1.82, 2.24) is 9.88 Å². The summed E-state index contributed by atoms with van der Waals surface area (Å²) in [6.45, 7) is 3.23. The first kappa shape index (κ1) is 18.8. The van der Waals surface area contributed by atoms with Gasteiger partial charge in [0.05, 0.1) is 12.3 Å². The summed E-state index contributed by atoms with van der Waals surface area (Å²) in [7, 11) is 0. The number of amides is 2. The number of nitrogens with zero attached hydrogens (tertiary/aromatic N) is 2. The van der Waals surface area contributed by atoms with Crippen LogP contribution in [0.3, 0.4) is 0 Å². The first-order valence-corrected chi connectivity index (χ1v) is 10.2. The van der Waals surface area contributed by atoms with Gasteiger partial charge in [-0.05, 0) is 31.9 Å². The Morgan fingerprint density at radius 2 is 2.00 bits per heavy atom. The second kappa shape index (κ2) is 8.64. The van der Waals surface area contributed by atoms with E-state index < -0.39 is 0 Å². The number of hydrogen-bond donors (Lipinski definition) is 1. The maximum atomic E-state index is 12.5. The fraction of sp³-hybridized carbons (Fsp3) is 0.389. The van der Waals surface area contributed by atoms with Crippen molar-refractivity contribution in [3.05, 3.63) is 34.1 Å². The fourth-order valence-corrected chi connectivity index (χ4v) is 3.82. The molecule has 0 atom stereocenters. The van der Waals surface area contributed by atoms with E-state index in [1.807, 2.05) is 29.6 Å². The van der Waals surface area contributed by atoms with Crippen LogP contribution in [0.2, 0.25) is 0 Å². The van der Waals surface area contributed by atoms with Gasteiger partial charge in [0.25, 0.3) is 0 Å². The zero-order valence-corrected chi connectivity index (χ0v) is 16.8. The molecule has 1 saturated heterocycles. The standard InChI is InChI=1S/C18H20BrN3O3S/c1-2-25-18(24)22-9-7-13(8-10-22)16(23)21-17-20-15(11-26-17)12-3-5-14(19)6-4-12/h3-6,11,13H,2,7-10H2,1H3,(H,20,21,23). The van der Waals surface area contributed by atoms with E-state index in [-0.39, 0.29) is 17.9 Å². The molecule has 1 aliphatic heterocycles. The number of rotatable bonds is 4. The lowest BCUT2D eigenvalue weighted by Gasteiger charge is -2.30. The highest BCUT2D eigenvalue weighted by atomic mass is 79.9. The Morgan fingerprint density at radius 1 is 1.31 bits per heavy atom. The van der Waals surface area contributed by atoms with E-state index >= 15 is 0 Å². The maximum Gasteiger partial charge on any atom is 0.409 e. The Hall–Kier alpha value is -1.93. The maximum absolute atomic E-state index is 12.5. The Labute approximate surface area is 164 Å². The van der Waals surface area contributed by atoms with Crippen molar-refractivity contribution in [2.45, 2.75) is 19.8 Å². The van der Waals surface area contributed by atoms with Crippen LogP contribution in [-0.4, -0.2) is 41.6 Å². The van der Waals surface area contributed by atoms with Crippen molar-refractivity contribution in [2.24, 2.45) is 5.92 Å². The van der Waals surface area contributed by atoms with E-state index in [2.05, 4.69) is 26.2 Å². The minimum absolute atomic E-state index is 0.0368. The number of nitrogens with one attached hydrogen (secondary N) is 1. The lowest BCUT2D eigenvalue weighted by atomic mass is 9.96. The molecule has 0 radical (unpaired) electrons. The summed E-state index contributed by atoms with van der Waals surface area (Å²) in [4.78, 5) is 30.3. The molecule has 0 saturated carbocycles. The molecule has 1 aliphatic rings. The molecule has 6 nitrogen and oxygen atoms in total. The SMILES string of the molecule is CCOC(=O)N1CCC(C(=O)Nc2nc(-c3ccc(Br)cc3)cs2)CC1. The van der Waals surface area contributed by atoms with Gasteiger partial charge in [0.15, 0.2) is 5.13 Å². The summed E-state index contributed by atoms with van der Waals surface area (Å²) < 4.78 is 6.01. The smallest absolute Gasteiger partial charge is 0.409 e. The van der Waals surface area contributed by atoms with E-state index in [1.165, 1.54) is 11.3 Å². The van der Waals surface area contributed by atoms with Gasteiger partial charge in [-0.1, -0.05) is 28.1 Å². The fourth-order valence-electron chi connectivity index (χ4n) is 2.83. The first-order valence-electron chi connectivity index (χ1n) is 8.51. The van der Waals surface area contributed by atoms with Gasteiger partial charge in [0.2, 0.25) is 5.91 Å². The first-order chi connectivity index (χ1) is 12.6. The van der Waals surface area contributed by atoms with Crippen LogP contribution in [0.15, 0.2) is 34.1 Å². The van der Waals surface area contributed by atoms with Crippen molar-refractivity contribution >= 4 is 44.4 Å².